The zero-order valence-corrected chi connectivity index (χ0v) is 27.5. The number of nitrogens with one attached hydrogen (secondary N) is 2. The van der Waals surface area contributed by atoms with Gasteiger partial charge >= 0.3 is 11.9 Å². The number of aromatic nitrogens is 4. The summed E-state index contributed by atoms with van der Waals surface area (Å²) in [6.45, 7) is 14.4. The molecule has 0 fully saturated rings. The maximum atomic E-state index is 14.1. The van der Waals surface area contributed by atoms with Gasteiger partial charge in [-0.25, -0.2) is 4.98 Å². The summed E-state index contributed by atoms with van der Waals surface area (Å²) in [6, 6.07) is 6.12. The van der Waals surface area contributed by atoms with Crippen LogP contribution in [0, 0.1) is 13.8 Å². The Kier molecular flexibility index (Phi) is 8.04. The summed E-state index contributed by atoms with van der Waals surface area (Å²) >= 11 is 0. The van der Waals surface area contributed by atoms with Crippen molar-refractivity contribution < 1.29 is 23.9 Å². The fourth-order valence-corrected chi connectivity index (χ4v) is 7.38. The molecule has 46 heavy (non-hydrogen) atoms. The molecule has 3 aromatic rings. The zero-order chi connectivity index (χ0) is 33.0. The molecule has 9 nitrogen and oxygen atoms in total. The topological polar surface area (TPSA) is 127 Å². The molecular weight excluding hydrogens is 580 g/mol. The highest BCUT2D eigenvalue weighted by Crippen LogP contribution is 2.48. The first-order chi connectivity index (χ1) is 22.0. The maximum Gasteiger partial charge on any atom is 0.321 e. The van der Waals surface area contributed by atoms with Crippen LogP contribution in [0.15, 0.2) is 24.8 Å². The molecule has 0 unspecified atom stereocenters. The molecule has 0 spiro atoms. The highest BCUT2D eigenvalue weighted by Gasteiger charge is 2.45. The normalized spacial score (nSPS) is 18.7. The van der Waals surface area contributed by atoms with E-state index in [4.69, 9.17) is 19.4 Å². The van der Waals surface area contributed by atoms with E-state index in [-0.39, 0.29) is 30.0 Å². The van der Waals surface area contributed by atoms with E-state index in [9.17, 15) is 14.4 Å². The number of aryl methyl sites for hydroxylation is 2. The second-order valence-electron chi connectivity index (χ2n) is 12.4. The van der Waals surface area contributed by atoms with Crippen LogP contribution in [0.4, 0.5) is 0 Å². The van der Waals surface area contributed by atoms with Crippen LogP contribution in [0.2, 0.25) is 0 Å². The van der Waals surface area contributed by atoms with Gasteiger partial charge in [0.2, 0.25) is 0 Å². The van der Waals surface area contributed by atoms with Crippen LogP contribution >= 0.6 is 0 Å². The Bertz CT molecular complexity index is 2030. The van der Waals surface area contributed by atoms with Crippen LogP contribution in [0.3, 0.4) is 0 Å². The fourth-order valence-electron chi connectivity index (χ4n) is 7.38. The van der Waals surface area contributed by atoms with Gasteiger partial charge in [-0.05, 0) is 80.5 Å². The molecule has 0 amide bonds. The van der Waals surface area contributed by atoms with Gasteiger partial charge in [0.25, 0.3) is 0 Å². The van der Waals surface area contributed by atoms with Crippen molar-refractivity contribution in [2.75, 3.05) is 14.2 Å². The first kappa shape index (κ1) is 31.2. The van der Waals surface area contributed by atoms with Gasteiger partial charge in [-0.1, -0.05) is 26.5 Å². The lowest BCUT2D eigenvalue weighted by molar-refractivity contribution is -0.141. The van der Waals surface area contributed by atoms with Crippen molar-refractivity contribution in [3.63, 3.8) is 0 Å². The summed E-state index contributed by atoms with van der Waals surface area (Å²) in [5.74, 6) is -2.55. The predicted molar refractivity (Wildman–Crippen MR) is 179 cm³/mol. The fraction of sp³-hybridized carbons (Fsp3) is 0.378. The summed E-state index contributed by atoms with van der Waals surface area (Å²) in [4.78, 5) is 56.8. The Labute approximate surface area is 268 Å². The third kappa shape index (κ3) is 4.80. The first-order valence-electron chi connectivity index (χ1n) is 15.8. The molecule has 2 aliphatic heterocycles. The Morgan fingerprint density at radius 2 is 1.70 bits per heavy atom. The Hall–Kier alpha value is -4.79. The van der Waals surface area contributed by atoms with Crippen LogP contribution in [-0.4, -0.2) is 51.9 Å². The Balaban J connectivity index is 1.76. The quantitative estimate of drug-likeness (QED) is 0.206. The number of hydrogen-bond donors (Lipinski definition) is 2. The van der Waals surface area contributed by atoms with Gasteiger partial charge in [-0.2, -0.15) is 0 Å². The van der Waals surface area contributed by atoms with Gasteiger partial charge < -0.3 is 19.4 Å². The number of aromatic amines is 2. The highest BCUT2D eigenvalue weighted by molar-refractivity contribution is 6.23. The summed E-state index contributed by atoms with van der Waals surface area (Å²) in [5.41, 5.74) is 12.4. The predicted octanol–water partition coefficient (Wildman–Crippen LogP) is 7.60. The van der Waals surface area contributed by atoms with Gasteiger partial charge in [0.05, 0.1) is 36.8 Å². The van der Waals surface area contributed by atoms with Crippen molar-refractivity contribution >= 4 is 57.0 Å². The molecule has 8 bridgehead atoms. The zero-order valence-electron chi connectivity index (χ0n) is 27.5. The summed E-state index contributed by atoms with van der Waals surface area (Å²) < 4.78 is 10.1. The van der Waals surface area contributed by atoms with Crippen molar-refractivity contribution in [3.05, 3.63) is 75.4 Å². The first-order valence-corrected chi connectivity index (χ1v) is 15.8. The van der Waals surface area contributed by atoms with Crippen LogP contribution in [-0.2, 0) is 19.1 Å². The number of methoxy groups -OCH3 is 2. The van der Waals surface area contributed by atoms with Gasteiger partial charge in [-0.15, -0.1) is 0 Å². The number of ketones is 1. The lowest BCUT2D eigenvalue weighted by Crippen LogP contribution is -2.21. The number of carbonyl (C=O) groups is 3. The molecule has 3 aromatic heterocycles. The Morgan fingerprint density at radius 3 is 2.37 bits per heavy atom. The van der Waals surface area contributed by atoms with E-state index in [2.05, 4.69) is 56.4 Å². The molecular formula is C37H40N4O5. The second kappa shape index (κ2) is 11.9. The molecule has 0 saturated heterocycles. The maximum absolute atomic E-state index is 14.1. The SMILES string of the molecule is C=Cc1c(C)c2cc3nc(c4c5[nH]c(cc6nc(cc1[nH]2)C(C)=C6CC)c(C)c5C(=O)[C@@H]4C(=O)OC)[C@@H](CCCC(=O)OC)[C@@H]3C. The van der Waals surface area contributed by atoms with Crippen LogP contribution in [0.1, 0.15) is 120 Å². The van der Waals surface area contributed by atoms with Gasteiger partial charge in [-0.3, -0.25) is 19.4 Å². The molecule has 1 aliphatic carbocycles. The van der Waals surface area contributed by atoms with Crippen molar-refractivity contribution in [2.45, 2.75) is 78.1 Å². The third-order valence-electron chi connectivity index (χ3n) is 10.0. The monoisotopic (exact) mass is 620 g/mol. The molecule has 2 N–H and O–H groups in total. The number of esters is 2. The van der Waals surface area contributed by atoms with E-state index in [0.717, 1.165) is 67.9 Å². The van der Waals surface area contributed by atoms with E-state index >= 15 is 0 Å². The van der Waals surface area contributed by atoms with Crippen molar-refractivity contribution in [3.8, 4) is 0 Å². The summed E-state index contributed by atoms with van der Waals surface area (Å²) in [7, 11) is 2.68. The van der Waals surface area contributed by atoms with Crippen molar-refractivity contribution in [2.24, 2.45) is 0 Å². The number of rotatable bonds is 7. The average molecular weight is 621 g/mol. The van der Waals surface area contributed by atoms with Crippen LogP contribution in [0.25, 0.3) is 39.3 Å². The lowest BCUT2D eigenvalue weighted by atomic mass is 9.83. The summed E-state index contributed by atoms with van der Waals surface area (Å²) in [5, 5.41) is 0. The molecule has 9 heteroatoms. The minimum absolute atomic E-state index is 0.0640. The molecule has 6 rings (SSSR count). The number of fused-ring (bicyclic) bond motifs is 8. The number of nitrogens with zero attached hydrogens (tertiary/aromatic N) is 2. The second-order valence-corrected chi connectivity index (χ2v) is 12.4. The largest absolute Gasteiger partial charge is 0.469 e. The van der Waals surface area contributed by atoms with Gasteiger partial charge in [0.1, 0.15) is 5.92 Å². The number of carbonyl (C=O) groups excluding carboxylic acids is 3. The lowest BCUT2D eigenvalue weighted by Gasteiger charge is -2.18. The number of hydrogen-bond acceptors (Lipinski definition) is 7. The van der Waals surface area contributed by atoms with E-state index in [0.29, 0.717) is 35.2 Å². The minimum Gasteiger partial charge on any atom is -0.469 e. The van der Waals surface area contributed by atoms with E-state index in [1.54, 1.807) is 0 Å². The number of Topliss-reactive ketones (excluding diaryl/α,β-unsaturated/α-hetero) is 1. The standard InChI is InChI=1S/C37H40N4O5/c1-9-21-17(3)24-14-26-19(5)23(12-11-13-30(42)45-7)34(40-26)32-33(37(44)46-8)36(43)31-20(6)27(41-35(31)32)16-29-22(10-2)18(4)25(39-29)15-28(21)38-24/h9,14-16,19,23,33,38,41H,1,10-13H2,2-8H3/t19-,23-,33+/m0/s1. The van der Waals surface area contributed by atoms with E-state index in [1.807, 2.05) is 19.1 Å². The molecule has 0 aromatic carbocycles. The van der Waals surface area contributed by atoms with Crippen molar-refractivity contribution in [1.82, 2.24) is 19.9 Å². The molecule has 5 heterocycles. The number of ether oxygens (including phenoxy) is 2. The molecule has 3 aliphatic rings. The van der Waals surface area contributed by atoms with Gasteiger partial charge in [0, 0.05) is 57.2 Å². The highest BCUT2D eigenvalue weighted by atomic mass is 16.5. The van der Waals surface area contributed by atoms with Crippen LogP contribution in [0.5, 0.6) is 0 Å². The summed E-state index contributed by atoms with van der Waals surface area (Å²) in [6.07, 6.45) is 4.09. The van der Waals surface area contributed by atoms with Gasteiger partial charge in [0.15, 0.2) is 5.78 Å². The van der Waals surface area contributed by atoms with Crippen LogP contribution < -0.4 is 0 Å². The molecule has 3 atom stereocenters. The number of H-pyrrole nitrogens is 2. The molecule has 0 radical (unpaired) electrons. The minimum atomic E-state index is -1.14. The third-order valence-corrected chi connectivity index (χ3v) is 10.0. The molecule has 0 saturated carbocycles. The Morgan fingerprint density at radius 1 is 0.978 bits per heavy atom. The molecule has 238 valence electrons. The average Bonchev–Trinajstić information content (AvgIpc) is 3.78. The van der Waals surface area contributed by atoms with Crippen molar-refractivity contribution in [1.29, 1.82) is 0 Å². The van der Waals surface area contributed by atoms with E-state index < -0.39 is 11.9 Å². The smallest absolute Gasteiger partial charge is 0.321 e. The number of allylic oxidation sites excluding steroid dienone is 2. The van der Waals surface area contributed by atoms with E-state index in [1.165, 1.54) is 14.2 Å².